The fourth-order valence-corrected chi connectivity index (χ4v) is 0.945. The second-order valence-corrected chi connectivity index (χ2v) is 2.80. The van der Waals surface area contributed by atoms with E-state index in [9.17, 15) is 9.18 Å². The van der Waals surface area contributed by atoms with E-state index < -0.39 is 0 Å². The van der Waals surface area contributed by atoms with Gasteiger partial charge >= 0.3 is 0 Å². The third-order valence-corrected chi connectivity index (χ3v) is 1.77. The summed E-state index contributed by atoms with van der Waals surface area (Å²) in [5.41, 5.74) is 0.847. The van der Waals surface area contributed by atoms with E-state index in [4.69, 9.17) is 11.6 Å². The maximum atomic E-state index is 12.4. The van der Waals surface area contributed by atoms with E-state index in [1.807, 2.05) is 0 Å². The largest absolute Gasteiger partial charge is 0.351 e. The van der Waals surface area contributed by atoms with Crippen LogP contribution in [0.1, 0.15) is 5.56 Å². The molecule has 0 bridgehead atoms. The molecule has 0 aliphatic heterocycles. The van der Waals surface area contributed by atoms with Gasteiger partial charge in [0.2, 0.25) is 5.91 Å². The van der Waals surface area contributed by atoms with Gasteiger partial charge in [0.1, 0.15) is 11.7 Å². The van der Waals surface area contributed by atoms with Crippen LogP contribution in [0, 0.1) is 5.82 Å². The van der Waals surface area contributed by atoms with Gasteiger partial charge in [-0.15, -0.1) is 11.6 Å². The molecule has 1 aromatic rings. The van der Waals surface area contributed by atoms with Gasteiger partial charge in [-0.1, -0.05) is 12.1 Å². The molecule has 1 rings (SSSR count). The Labute approximate surface area is 80.7 Å². The van der Waals surface area contributed by atoms with Gasteiger partial charge in [0.25, 0.3) is 0 Å². The predicted octanol–water partition coefficient (Wildman–Crippen LogP) is 1.68. The number of nitrogens with one attached hydrogen (secondary N) is 1. The van der Waals surface area contributed by atoms with E-state index in [2.05, 4.69) is 5.32 Å². The van der Waals surface area contributed by atoms with Crippen LogP contribution in [0.5, 0.6) is 0 Å². The Morgan fingerprint density at radius 2 is 2.00 bits per heavy atom. The van der Waals surface area contributed by atoms with E-state index >= 15 is 0 Å². The zero-order chi connectivity index (χ0) is 9.68. The van der Waals surface area contributed by atoms with Crippen molar-refractivity contribution < 1.29 is 9.18 Å². The van der Waals surface area contributed by atoms with Crippen LogP contribution in [0.2, 0.25) is 0 Å². The molecule has 13 heavy (non-hydrogen) atoms. The standard InChI is InChI=1S/C9H9ClFNO/c10-5-9(13)12-6-7-1-3-8(11)4-2-7/h1-4H,5-6H2,(H,12,13). The molecule has 1 aromatic carbocycles. The van der Waals surface area contributed by atoms with Gasteiger partial charge in [-0.25, -0.2) is 4.39 Å². The predicted molar refractivity (Wildman–Crippen MR) is 49.0 cm³/mol. The van der Waals surface area contributed by atoms with Gasteiger partial charge in [-0.3, -0.25) is 4.79 Å². The minimum Gasteiger partial charge on any atom is -0.351 e. The number of hydrogen-bond acceptors (Lipinski definition) is 1. The van der Waals surface area contributed by atoms with Gasteiger partial charge in [0, 0.05) is 6.54 Å². The van der Waals surface area contributed by atoms with E-state index in [1.165, 1.54) is 12.1 Å². The third kappa shape index (κ3) is 3.42. The molecule has 0 aliphatic carbocycles. The molecule has 70 valence electrons. The monoisotopic (exact) mass is 201 g/mol. The second-order valence-electron chi connectivity index (χ2n) is 2.54. The molecule has 0 aliphatic rings. The van der Waals surface area contributed by atoms with Crippen LogP contribution in [0.25, 0.3) is 0 Å². The molecule has 0 fully saturated rings. The molecule has 0 atom stereocenters. The molecule has 0 heterocycles. The van der Waals surface area contributed by atoms with Gasteiger partial charge in [-0.05, 0) is 17.7 Å². The maximum absolute atomic E-state index is 12.4. The van der Waals surface area contributed by atoms with Crippen molar-refractivity contribution in [1.82, 2.24) is 5.32 Å². The average Bonchev–Trinajstić information content (AvgIpc) is 2.16. The first-order valence-electron chi connectivity index (χ1n) is 3.79. The molecular formula is C9H9ClFNO. The van der Waals surface area contributed by atoms with E-state index in [0.717, 1.165) is 5.56 Å². The minimum atomic E-state index is -0.285. The van der Waals surface area contributed by atoms with Crippen molar-refractivity contribution in [2.75, 3.05) is 5.88 Å². The lowest BCUT2D eigenvalue weighted by Crippen LogP contribution is -2.23. The van der Waals surface area contributed by atoms with Crippen LogP contribution in [0.4, 0.5) is 4.39 Å². The van der Waals surface area contributed by atoms with Gasteiger partial charge in [0.05, 0.1) is 0 Å². The minimum absolute atomic E-state index is 0.0544. The molecule has 0 aromatic heterocycles. The number of halogens is 2. The summed E-state index contributed by atoms with van der Waals surface area (Å²) in [7, 11) is 0. The van der Waals surface area contributed by atoms with Crippen LogP contribution in [0.15, 0.2) is 24.3 Å². The quantitative estimate of drug-likeness (QED) is 0.741. The molecule has 0 saturated heterocycles. The lowest BCUT2D eigenvalue weighted by molar-refractivity contribution is -0.118. The molecule has 1 amide bonds. The third-order valence-electron chi connectivity index (χ3n) is 1.52. The van der Waals surface area contributed by atoms with Crippen LogP contribution < -0.4 is 5.32 Å². The zero-order valence-electron chi connectivity index (χ0n) is 6.89. The fraction of sp³-hybridized carbons (Fsp3) is 0.222. The zero-order valence-corrected chi connectivity index (χ0v) is 7.64. The van der Waals surface area contributed by atoms with Crippen molar-refractivity contribution in [2.24, 2.45) is 0 Å². The highest BCUT2D eigenvalue weighted by molar-refractivity contribution is 6.27. The van der Waals surface area contributed by atoms with Gasteiger partial charge < -0.3 is 5.32 Å². The summed E-state index contributed by atoms with van der Waals surface area (Å²) in [6.45, 7) is 0.381. The van der Waals surface area contributed by atoms with E-state index in [-0.39, 0.29) is 17.6 Å². The van der Waals surface area contributed by atoms with Crippen LogP contribution in [-0.4, -0.2) is 11.8 Å². The first kappa shape index (κ1) is 9.99. The summed E-state index contributed by atoms with van der Waals surface area (Å²) < 4.78 is 12.4. The molecule has 4 heteroatoms. The lowest BCUT2D eigenvalue weighted by atomic mass is 10.2. The van der Waals surface area contributed by atoms with Crippen molar-refractivity contribution in [1.29, 1.82) is 0 Å². The van der Waals surface area contributed by atoms with Crippen molar-refractivity contribution in [3.8, 4) is 0 Å². The number of carbonyl (C=O) groups is 1. The first-order chi connectivity index (χ1) is 6.22. The summed E-state index contributed by atoms with van der Waals surface area (Å²) >= 11 is 5.27. The van der Waals surface area contributed by atoms with Crippen molar-refractivity contribution in [2.45, 2.75) is 6.54 Å². The summed E-state index contributed by atoms with van der Waals surface area (Å²) in [4.78, 5) is 10.7. The Kier molecular flexibility index (Phi) is 3.71. The Bertz CT molecular complexity index is 286. The molecule has 2 nitrogen and oxygen atoms in total. The number of hydrogen-bond donors (Lipinski definition) is 1. The summed E-state index contributed by atoms with van der Waals surface area (Å²) in [6.07, 6.45) is 0. The number of carbonyl (C=O) groups excluding carboxylic acids is 1. The smallest absolute Gasteiger partial charge is 0.235 e. The Hall–Kier alpha value is -1.09. The number of rotatable bonds is 3. The average molecular weight is 202 g/mol. The molecular weight excluding hydrogens is 193 g/mol. The van der Waals surface area contributed by atoms with Crippen molar-refractivity contribution >= 4 is 17.5 Å². The molecule has 0 unspecified atom stereocenters. The molecule has 0 saturated carbocycles. The number of alkyl halides is 1. The Balaban J connectivity index is 2.46. The molecule has 0 radical (unpaired) electrons. The SMILES string of the molecule is O=C(CCl)NCc1ccc(F)cc1. The first-order valence-corrected chi connectivity index (χ1v) is 4.33. The van der Waals surface area contributed by atoms with Gasteiger partial charge in [0.15, 0.2) is 0 Å². The van der Waals surface area contributed by atoms with E-state index in [1.54, 1.807) is 12.1 Å². The summed E-state index contributed by atoms with van der Waals surface area (Å²) in [5.74, 6) is -0.570. The number of amides is 1. The fourth-order valence-electron chi connectivity index (χ4n) is 0.850. The topological polar surface area (TPSA) is 29.1 Å². The highest BCUT2D eigenvalue weighted by Crippen LogP contribution is 2.01. The van der Waals surface area contributed by atoms with Crippen LogP contribution in [-0.2, 0) is 11.3 Å². The Morgan fingerprint density at radius 3 is 2.54 bits per heavy atom. The summed E-state index contributed by atoms with van der Waals surface area (Å²) in [5, 5.41) is 2.57. The summed E-state index contributed by atoms with van der Waals surface area (Å²) in [6, 6.07) is 5.93. The van der Waals surface area contributed by atoms with Crippen molar-refractivity contribution in [3.05, 3.63) is 35.6 Å². The molecule has 0 spiro atoms. The highest BCUT2D eigenvalue weighted by atomic mass is 35.5. The molecule has 1 N–H and O–H groups in total. The van der Waals surface area contributed by atoms with E-state index in [0.29, 0.717) is 6.54 Å². The maximum Gasteiger partial charge on any atom is 0.235 e. The number of benzene rings is 1. The van der Waals surface area contributed by atoms with Crippen LogP contribution in [0.3, 0.4) is 0 Å². The second kappa shape index (κ2) is 4.82. The van der Waals surface area contributed by atoms with Crippen molar-refractivity contribution in [3.63, 3.8) is 0 Å². The normalized spacial score (nSPS) is 9.69. The highest BCUT2D eigenvalue weighted by Gasteiger charge is 1.98. The van der Waals surface area contributed by atoms with Gasteiger partial charge in [-0.2, -0.15) is 0 Å². The lowest BCUT2D eigenvalue weighted by Gasteiger charge is -2.02. The Morgan fingerprint density at radius 1 is 1.38 bits per heavy atom. The van der Waals surface area contributed by atoms with Crippen LogP contribution >= 0.6 is 11.6 Å².